The molecule has 0 aliphatic heterocycles. The first kappa shape index (κ1) is 9.32. The van der Waals surface area contributed by atoms with Gasteiger partial charge in [0.25, 0.3) is 0 Å². The molecule has 2 unspecified atom stereocenters. The van der Waals surface area contributed by atoms with E-state index in [-0.39, 0.29) is 6.04 Å². The second-order valence-corrected chi connectivity index (χ2v) is 3.72. The molecular formula is C6H15FNP. The van der Waals surface area contributed by atoms with E-state index < -0.39 is 5.67 Å². The Bertz CT molecular complexity index is 87.5. The molecule has 0 aromatic rings. The highest BCUT2D eigenvalue weighted by Gasteiger charge is 2.26. The highest BCUT2D eigenvalue weighted by molar-refractivity contribution is 7.13. The zero-order valence-corrected chi connectivity index (χ0v) is 7.63. The molecule has 0 aromatic heterocycles. The molecule has 0 amide bonds. The SMILES string of the molecule is CC(N(C)P)C(C)(C)F. The third-order valence-corrected chi connectivity index (χ3v) is 2.05. The quantitative estimate of drug-likeness (QED) is 0.544. The van der Waals surface area contributed by atoms with E-state index >= 15 is 0 Å². The highest BCUT2D eigenvalue weighted by atomic mass is 31.0. The monoisotopic (exact) mass is 151 g/mol. The van der Waals surface area contributed by atoms with Gasteiger partial charge in [0, 0.05) is 6.04 Å². The molecule has 0 N–H and O–H groups in total. The number of nitrogens with zero attached hydrogens (tertiary/aromatic N) is 1. The summed E-state index contributed by atoms with van der Waals surface area (Å²) in [5.74, 6) is 0. The Hall–Kier alpha value is 0.320. The number of hydrogen-bond donors (Lipinski definition) is 0. The molecule has 0 rings (SSSR count). The van der Waals surface area contributed by atoms with Crippen LogP contribution in [0.1, 0.15) is 20.8 Å². The lowest BCUT2D eigenvalue weighted by atomic mass is 10.0. The van der Waals surface area contributed by atoms with Crippen molar-refractivity contribution in [1.29, 1.82) is 0 Å². The summed E-state index contributed by atoms with van der Waals surface area (Å²) in [4.78, 5) is 0. The third kappa shape index (κ3) is 3.12. The van der Waals surface area contributed by atoms with E-state index in [2.05, 4.69) is 9.39 Å². The summed E-state index contributed by atoms with van der Waals surface area (Å²) in [7, 11) is 4.30. The minimum absolute atomic E-state index is 0.0532. The molecule has 3 heteroatoms. The normalized spacial score (nSPS) is 16.3. The van der Waals surface area contributed by atoms with Gasteiger partial charge in [-0.3, -0.25) is 4.67 Å². The summed E-state index contributed by atoms with van der Waals surface area (Å²) in [6, 6.07) is -0.0532. The summed E-state index contributed by atoms with van der Waals surface area (Å²) in [6.45, 7) is 5.02. The van der Waals surface area contributed by atoms with Gasteiger partial charge in [-0.25, -0.2) is 4.39 Å². The summed E-state index contributed by atoms with van der Waals surface area (Å²) in [5.41, 5.74) is -1.11. The molecule has 0 saturated carbocycles. The van der Waals surface area contributed by atoms with Crippen LogP contribution in [-0.2, 0) is 0 Å². The van der Waals surface area contributed by atoms with E-state index in [1.165, 1.54) is 0 Å². The minimum atomic E-state index is -1.11. The molecule has 0 aromatic carbocycles. The molecule has 1 nitrogen and oxygen atoms in total. The van der Waals surface area contributed by atoms with Crippen LogP contribution in [-0.4, -0.2) is 23.4 Å². The van der Waals surface area contributed by atoms with Gasteiger partial charge in [0.05, 0.1) is 0 Å². The van der Waals surface area contributed by atoms with Gasteiger partial charge < -0.3 is 0 Å². The molecule has 0 aliphatic carbocycles. The van der Waals surface area contributed by atoms with Crippen LogP contribution in [0.2, 0.25) is 0 Å². The van der Waals surface area contributed by atoms with E-state index in [0.717, 1.165) is 0 Å². The molecule has 0 bridgehead atoms. The maximum atomic E-state index is 13.0. The Morgan fingerprint density at radius 2 is 1.89 bits per heavy atom. The molecule has 0 saturated heterocycles. The van der Waals surface area contributed by atoms with Crippen LogP contribution in [0.15, 0.2) is 0 Å². The molecule has 56 valence electrons. The Morgan fingerprint density at radius 3 is 1.89 bits per heavy atom. The Morgan fingerprint density at radius 1 is 1.56 bits per heavy atom. The van der Waals surface area contributed by atoms with Crippen LogP contribution in [0.3, 0.4) is 0 Å². The summed E-state index contributed by atoms with van der Waals surface area (Å²) in [6.07, 6.45) is 0. The number of halogens is 1. The van der Waals surface area contributed by atoms with Gasteiger partial charge in [0.2, 0.25) is 0 Å². The van der Waals surface area contributed by atoms with E-state index in [0.29, 0.717) is 0 Å². The van der Waals surface area contributed by atoms with Gasteiger partial charge in [-0.2, -0.15) is 0 Å². The van der Waals surface area contributed by atoms with Crippen molar-refractivity contribution in [3.63, 3.8) is 0 Å². The first-order valence-corrected chi connectivity index (χ1v) is 3.54. The third-order valence-electron chi connectivity index (χ3n) is 1.60. The number of alkyl halides is 1. The fourth-order valence-corrected chi connectivity index (χ4v) is 0.839. The van der Waals surface area contributed by atoms with Gasteiger partial charge in [-0.05, 0) is 27.8 Å². The van der Waals surface area contributed by atoms with Crippen molar-refractivity contribution in [2.75, 3.05) is 7.05 Å². The van der Waals surface area contributed by atoms with Gasteiger partial charge in [-0.1, -0.05) is 9.39 Å². The van der Waals surface area contributed by atoms with Gasteiger partial charge in [0.1, 0.15) is 5.67 Å². The van der Waals surface area contributed by atoms with Crippen molar-refractivity contribution in [2.24, 2.45) is 0 Å². The number of rotatable bonds is 2. The van der Waals surface area contributed by atoms with Crippen LogP contribution < -0.4 is 0 Å². The Labute approximate surface area is 58.9 Å². The van der Waals surface area contributed by atoms with E-state index in [4.69, 9.17) is 0 Å². The summed E-state index contributed by atoms with van der Waals surface area (Å²) >= 11 is 0. The summed E-state index contributed by atoms with van der Waals surface area (Å²) in [5, 5.41) is 0. The van der Waals surface area contributed by atoms with Crippen molar-refractivity contribution in [1.82, 2.24) is 4.67 Å². The zero-order chi connectivity index (χ0) is 7.65. The van der Waals surface area contributed by atoms with Crippen molar-refractivity contribution < 1.29 is 4.39 Å². The van der Waals surface area contributed by atoms with Crippen LogP contribution in [0, 0.1) is 0 Å². The van der Waals surface area contributed by atoms with Crippen LogP contribution >= 0.6 is 9.39 Å². The van der Waals surface area contributed by atoms with Crippen LogP contribution in [0.25, 0.3) is 0 Å². The smallest absolute Gasteiger partial charge is 0.120 e. The topological polar surface area (TPSA) is 3.24 Å². The van der Waals surface area contributed by atoms with E-state index in [1.807, 2.05) is 14.0 Å². The fraction of sp³-hybridized carbons (Fsp3) is 1.00. The average Bonchev–Trinajstić information content (AvgIpc) is 1.62. The number of hydrogen-bond acceptors (Lipinski definition) is 1. The Balaban J connectivity index is 3.88. The van der Waals surface area contributed by atoms with Crippen molar-refractivity contribution in [3.05, 3.63) is 0 Å². The molecule has 9 heavy (non-hydrogen) atoms. The van der Waals surface area contributed by atoms with Crippen molar-refractivity contribution in [2.45, 2.75) is 32.5 Å². The van der Waals surface area contributed by atoms with Gasteiger partial charge in [0.15, 0.2) is 0 Å². The zero-order valence-electron chi connectivity index (χ0n) is 6.48. The first-order chi connectivity index (χ1) is 3.85. The van der Waals surface area contributed by atoms with E-state index in [9.17, 15) is 4.39 Å². The fourth-order valence-electron chi connectivity index (χ4n) is 0.484. The molecule has 0 fully saturated rings. The van der Waals surface area contributed by atoms with Crippen LogP contribution in [0.5, 0.6) is 0 Å². The van der Waals surface area contributed by atoms with Crippen LogP contribution in [0.4, 0.5) is 4.39 Å². The first-order valence-electron chi connectivity index (χ1n) is 3.02. The standard InChI is InChI=1S/C6H15FNP/c1-5(8(4)9)6(2,3)7/h5H,9H2,1-4H3. The van der Waals surface area contributed by atoms with Gasteiger partial charge >= 0.3 is 0 Å². The Kier molecular flexibility index (Phi) is 3.04. The lowest BCUT2D eigenvalue weighted by Gasteiger charge is -2.28. The lowest BCUT2D eigenvalue weighted by molar-refractivity contribution is 0.127. The predicted molar refractivity (Wildman–Crippen MR) is 42.1 cm³/mol. The predicted octanol–water partition coefficient (Wildman–Crippen LogP) is 1.84. The summed E-state index contributed by atoms with van der Waals surface area (Å²) < 4.78 is 14.8. The van der Waals surface area contributed by atoms with E-state index in [1.54, 1.807) is 18.5 Å². The second kappa shape index (κ2) is 2.94. The lowest BCUT2D eigenvalue weighted by Crippen LogP contribution is -2.37. The maximum Gasteiger partial charge on any atom is 0.120 e. The molecular weight excluding hydrogens is 136 g/mol. The highest BCUT2D eigenvalue weighted by Crippen LogP contribution is 2.20. The molecule has 2 atom stereocenters. The molecule has 0 spiro atoms. The molecule has 0 heterocycles. The van der Waals surface area contributed by atoms with Crippen molar-refractivity contribution in [3.8, 4) is 0 Å². The maximum absolute atomic E-state index is 13.0. The van der Waals surface area contributed by atoms with Crippen molar-refractivity contribution >= 4 is 9.39 Å². The molecule has 0 aliphatic rings. The average molecular weight is 151 g/mol. The largest absolute Gasteiger partial charge is 0.285 e. The van der Waals surface area contributed by atoms with Gasteiger partial charge in [-0.15, -0.1) is 0 Å². The second-order valence-electron chi connectivity index (χ2n) is 2.91. The molecule has 0 radical (unpaired) electrons. The minimum Gasteiger partial charge on any atom is -0.285 e.